The van der Waals surface area contributed by atoms with Gasteiger partial charge in [-0.1, -0.05) is 47.8 Å². The Morgan fingerprint density at radius 2 is 1.76 bits per heavy atom. The molecule has 0 N–H and O–H groups in total. The van der Waals surface area contributed by atoms with Gasteiger partial charge < -0.3 is 4.74 Å². The third-order valence-corrected chi connectivity index (χ3v) is 3.28. The van der Waals surface area contributed by atoms with Crippen molar-refractivity contribution in [2.75, 3.05) is 6.61 Å². The van der Waals surface area contributed by atoms with E-state index in [1.54, 1.807) is 0 Å². The standard InChI is InChI=1S/C15H17BrO/c1-2-3-4-9-17-15-8-6-12-10-14(16)7-5-13(12)11-15/h5-8,10-11H,2-4,9H2,1H3. The van der Waals surface area contributed by atoms with Gasteiger partial charge in [0.2, 0.25) is 0 Å². The molecule has 0 aliphatic heterocycles. The fraction of sp³-hybridized carbons (Fsp3) is 0.333. The SMILES string of the molecule is CCCCCOc1ccc2cc(Br)ccc2c1. The lowest BCUT2D eigenvalue weighted by Gasteiger charge is -2.07. The van der Waals surface area contributed by atoms with E-state index in [4.69, 9.17) is 4.74 Å². The molecule has 0 saturated heterocycles. The molecular weight excluding hydrogens is 276 g/mol. The van der Waals surface area contributed by atoms with Crippen molar-refractivity contribution < 1.29 is 4.74 Å². The van der Waals surface area contributed by atoms with Crippen LogP contribution in [-0.2, 0) is 0 Å². The summed E-state index contributed by atoms with van der Waals surface area (Å²) in [6.45, 7) is 3.02. The van der Waals surface area contributed by atoms with Crippen molar-refractivity contribution in [3.05, 3.63) is 40.9 Å². The summed E-state index contributed by atoms with van der Waals surface area (Å²) >= 11 is 3.48. The Morgan fingerprint density at radius 3 is 2.59 bits per heavy atom. The molecular formula is C15H17BrO. The molecule has 0 radical (unpaired) electrons. The summed E-state index contributed by atoms with van der Waals surface area (Å²) in [6, 6.07) is 12.5. The smallest absolute Gasteiger partial charge is 0.119 e. The van der Waals surface area contributed by atoms with Crippen LogP contribution in [0.25, 0.3) is 10.8 Å². The molecule has 0 bridgehead atoms. The maximum atomic E-state index is 5.73. The molecule has 0 saturated carbocycles. The van der Waals surface area contributed by atoms with Gasteiger partial charge in [-0.25, -0.2) is 0 Å². The molecule has 0 unspecified atom stereocenters. The lowest BCUT2D eigenvalue weighted by Crippen LogP contribution is -1.96. The molecule has 2 aromatic carbocycles. The van der Waals surface area contributed by atoms with Crippen molar-refractivity contribution in [3.63, 3.8) is 0 Å². The van der Waals surface area contributed by atoms with Crippen molar-refractivity contribution in [1.82, 2.24) is 0 Å². The number of hydrogen-bond donors (Lipinski definition) is 0. The molecule has 0 aromatic heterocycles. The van der Waals surface area contributed by atoms with Crippen LogP contribution in [0.3, 0.4) is 0 Å². The van der Waals surface area contributed by atoms with E-state index >= 15 is 0 Å². The van der Waals surface area contributed by atoms with Crippen LogP contribution in [0, 0.1) is 0 Å². The van der Waals surface area contributed by atoms with Gasteiger partial charge in [0.25, 0.3) is 0 Å². The second-order valence-corrected chi connectivity index (χ2v) is 5.12. The molecule has 17 heavy (non-hydrogen) atoms. The number of rotatable bonds is 5. The fourth-order valence-corrected chi connectivity index (χ4v) is 2.21. The van der Waals surface area contributed by atoms with Gasteiger partial charge in [-0.05, 0) is 41.5 Å². The molecule has 2 heteroatoms. The second kappa shape index (κ2) is 6.06. The highest BCUT2D eigenvalue weighted by Crippen LogP contribution is 2.24. The zero-order valence-corrected chi connectivity index (χ0v) is 11.7. The predicted molar refractivity (Wildman–Crippen MR) is 76.7 cm³/mol. The lowest BCUT2D eigenvalue weighted by molar-refractivity contribution is 0.306. The third-order valence-electron chi connectivity index (χ3n) is 2.79. The minimum absolute atomic E-state index is 0.815. The summed E-state index contributed by atoms with van der Waals surface area (Å²) in [5.74, 6) is 0.968. The normalized spacial score (nSPS) is 10.7. The maximum absolute atomic E-state index is 5.73. The van der Waals surface area contributed by atoms with Crippen molar-refractivity contribution in [2.24, 2.45) is 0 Å². The van der Waals surface area contributed by atoms with Gasteiger partial charge in [-0.2, -0.15) is 0 Å². The first-order valence-electron chi connectivity index (χ1n) is 6.11. The van der Waals surface area contributed by atoms with Crippen LogP contribution in [0.1, 0.15) is 26.2 Å². The molecule has 0 atom stereocenters. The van der Waals surface area contributed by atoms with Gasteiger partial charge in [-0.3, -0.25) is 0 Å². The van der Waals surface area contributed by atoms with Crippen LogP contribution in [0.2, 0.25) is 0 Å². The largest absolute Gasteiger partial charge is 0.494 e. The van der Waals surface area contributed by atoms with Crippen LogP contribution in [0.4, 0.5) is 0 Å². The highest BCUT2D eigenvalue weighted by atomic mass is 79.9. The molecule has 0 fully saturated rings. The van der Waals surface area contributed by atoms with Crippen molar-refractivity contribution in [2.45, 2.75) is 26.2 Å². The summed E-state index contributed by atoms with van der Waals surface area (Å²) in [6.07, 6.45) is 3.60. The average molecular weight is 293 g/mol. The van der Waals surface area contributed by atoms with E-state index in [9.17, 15) is 0 Å². The molecule has 0 aliphatic rings. The predicted octanol–water partition coefficient (Wildman–Crippen LogP) is 5.17. The fourth-order valence-electron chi connectivity index (χ4n) is 1.83. The first-order valence-corrected chi connectivity index (χ1v) is 6.91. The zero-order valence-electron chi connectivity index (χ0n) is 10.1. The van der Waals surface area contributed by atoms with Crippen LogP contribution in [-0.4, -0.2) is 6.61 Å². The highest BCUT2D eigenvalue weighted by Gasteiger charge is 1.98. The van der Waals surface area contributed by atoms with E-state index in [1.165, 1.54) is 23.6 Å². The number of benzene rings is 2. The number of unbranched alkanes of at least 4 members (excludes halogenated alkanes) is 2. The van der Waals surface area contributed by atoms with Crippen molar-refractivity contribution in [3.8, 4) is 5.75 Å². The number of fused-ring (bicyclic) bond motifs is 1. The lowest BCUT2D eigenvalue weighted by atomic mass is 10.1. The molecule has 0 spiro atoms. The summed E-state index contributed by atoms with van der Waals surface area (Å²) in [5, 5.41) is 2.46. The Morgan fingerprint density at radius 1 is 1.00 bits per heavy atom. The van der Waals surface area contributed by atoms with E-state index in [1.807, 2.05) is 6.07 Å². The van der Waals surface area contributed by atoms with Gasteiger partial charge in [0.15, 0.2) is 0 Å². The maximum Gasteiger partial charge on any atom is 0.119 e. The number of ether oxygens (including phenoxy) is 1. The first-order chi connectivity index (χ1) is 8.29. The van der Waals surface area contributed by atoms with Gasteiger partial charge in [0.05, 0.1) is 6.61 Å². The molecule has 1 nitrogen and oxygen atoms in total. The summed E-state index contributed by atoms with van der Waals surface area (Å²) in [5.41, 5.74) is 0. The van der Waals surface area contributed by atoms with Crippen LogP contribution in [0.15, 0.2) is 40.9 Å². The van der Waals surface area contributed by atoms with E-state index in [0.29, 0.717) is 0 Å². The Kier molecular flexibility index (Phi) is 4.43. The van der Waals surface area contributed by atoms with Crippen molar-refractivity contribution >= 4 is 26.7 Å². The third kappa shape index (κ3) is 3.47. The number of hydrogen-bond acceptors (Lipinski definition) is 1. The average Bonchev–Trinajstić information content (AvgIpc) is 2.35. The Bertz CT molecular complexity index is 493. The molecule has 2 aromatic rings. The molecule has 2 rings (SSSR count). The summed E-state index contributed by atoms with van der Waals surface area (Å²) in [7, 11) is 0. The van der Waals surface area contributed by atoms with Crippen LogP contribution >= 0.6 is 15.9 Å². The molecule has 0 amide bonds. The van der Waals surface area contributed by atoms with E-state index in [0.717, 1.165) is 23.2 Å². The van der Waals surface area contributed by atoms with Gasteiger partial charge in [0.1, 0.15) is 5.75 Å². The van der Waals surface area contributed by atoms with E-state index < -0.39 is 0 Å². The minimum atomic E-state index is 0.815. The Hall–Kier alpha value is -1.02. The van der Waals surface area contributed by atoms with Gasteiger partial charge in [0, 0.05) is 4.47 Å². The molecule has 0 heterocycles. The first kappa shape index (κ1) is 12.4. The monoisotopic (exact) mass is 292 g/mol. The van der Waals surface area contributed by atoms with Gasteiger partial charge >= 0.3 is 0 Å². The Balaban J connectivity index is 2.07. The van der Waals surface area contributed by atoms with Gasteiger partial charge in [-0.15, -0.1) is 0 Å². The van der Waals surface area contributed by atoms with Crippen LogP contribution in [0.5, 0.6) is 5.75 Å². The summed E-state index contributed by atoms with van der Waals surface area (Å²) in [4.78, 5) is 0. The Labute approximate surface area is 111 Å². The van der Waals surface area contributed by atoms with Crippen LogP contribution < -0.4 is 4.74 Å². The topological polar surface area (TPSA) is 9.23 Å². The molecule has 0 aliphatic carbocycles. The quantitative estimate of drug-likeness (QED) is 0.691. The van der Waals surface area contributed by atoms with E-state index in [2.05, 4.69) is 53.2 Å². The van der Waals surface area contributed by atoms with E-state index in [-0.39, 0.29) is 0 Å². The zero-order chi connectivity index (χ0) is 12.1. The number of halogens is 1. The highest BCUT2D eigenvalue weighted by molar-refractivity contribution is 9.10. The second-order valence-electron chi connectivity index (χ2n) is 4.21. The summed E-state index contributed by atoms with van der Waals surface area (Å²) < 4.78 is 6.85. The van der Waals surface area contributed by atoms with Crippen molar-refractivity contribution in [1.29, 1.82) is 0 Å². The molecule has 90 valence electrons. The minimum Gasteiger partial charge on any atom is -0.494 e.